The zero-order chi connectivity index (χ0) is 16.8. The number of rotatable bonds is 8. The van der Waals surface area contributed by atoms with E-state index in [1.54, 1.807) is 11.8 Å². The Morgan fingerprint density at radius 1 is 1.36 bits per heavy atom. The number of hydrogen-bond donors (Lipinski definition) is 3. The number of carboxylic acid groups (broad SMARTS) is 1. The fourth-order valence-corrected chi connectivity index (χ4v) is 2.86. The maximum absolute atomic E-state index is 12.0. The van der Waals surface area contributed by atoms with E-state index in [1.807, 2.05) is 6.92 Å². The summed E-state index contributed by atoms with van der Waals surface area (Å²) in [6.07, 6.45) is 0.261. The third-order valence-corrected chi connectivity index (χ3v) is 4.53. The monoisotopic (exact) mass is 347 g/mol. The van der Waals surface area contributed by atoms with Crippen molar-refractivity contribution in [3.8, 4) is 0 Å². The topological polar surface area (TPSA) is 121 Å². The first-order valence-electron chi connectivity index (χ1n) is 6.44. The van der Waals surface area contributed by atoms with Gasteiger partial charge in [-0.05, 0) is 36.1 Å². The number of carbonyl (C=O) groups is 2. The van der Waals surface area contributed by atoms with Gasteiger partial charge in [-0.3, -0.25) is 9.35 Å². The Morgan fingerprint density at radius 3 is 2.59 bits per heavy atom. The van der Waals surface area contributed by atoms with E-state index in [9.17, 15) is 18.0 Å². The summed E-state index contributed by atoms with van der Waals surface area (Å²) in [5.74, 6) is -0.439. The summed E-state index contributed by atoms with van der Waals surface area (Å²) in [7, 11) is -4.42. The number of amides is 1. The van der Waals surface area contributed by atoms with Crippen LogP contribution < -0.4 is 5.32 Å². The van der Waals surface area contributed by atoms with Crippen molar-refractivity contribution in [2.45, 2.75) is 24.3 Å². The van der Waals surface area contributed by atoms with E-state index in [-0.39, 0.29) is 12.0 Å². The molecule has 0 aliphatic carbocycles. The Balaban J connectivity index is 2.84. The zero-order valence-electron chi connectivity index (χ0n) is 11.9. The van der Waals surface area contributed by atoms with E-state index < -0.39 is 32.9 Å². The zero-order valence-corrected chi connectivity index (χ0v) is 13.5. The second-order valence-electron chi connectivity index (χ2n) is 4.35. The summed E-state index contributed by atoms with van der Waals surface area (Å²) in [6.45, 7) is 1.94. The molecule has 1 aromatic carbocycles. The normalized spacial score (nSPS) is 12.6. The molecule has 22 heavy (non-hydrogen) atoms. The SMILES string of the molecule is CCSCCC(NC(=O)c1cccc(S(=O)(=O)O)c1)C(=O)O. The molecular weight excluding hydrogens is 330 g/mol. The number of nitrogens with one attached hydrogen (secondary N) is 1. The van der Waals surface area contributed by atoms with Crippen LogP contribution in [0.2, 0.25) is 0 Å². The molecule has 0 spiro atoms. The van der Waals surface area contributed by atoms with E-state index in [2.05, 4.69) is 5.32 Å². The van der Waals surface area contributed by atoms with Crippen LogP contribution in [0.1, 0.15) is 23.7 Å². The Morgan fingerprint density at radius 2 is 2.05 bits per heavy atom. The van der Waals surface area contributed by atoms with Gasteiger partial charge in [0.15, 0.2) is 0 Å². The molecule has 0 fully saturated rings. The highest BCUT2D eigenvalue weighted by molar-refractivity contribution is 7.99. The van der Waals surface area contributed by atoms with Crippen molar-refractivity contribution in [1.82, 2.24) is 5.32 Å². The van der Waals surface area contributed by atoms with Crippen LogP contribution in [0.15, 0.2) is 29.2 Å². The fourth-order valence-electron chi connectivity index (χ4n) is 1.64. The Kier molecular flexibility index (Phi) is 6.85. The number of carbonyl (C=O) groups excluding carboxylic acids is 1. The first kappa shape index (κ1) is 18.5. The van der Waals surface area contributed by atoms with Crippen LogP contribution in [0, 0.1) is 0 Å². The molecule has 1 rings (SSSR count). The van der Waals surface area contributed by atoms with Gasteiger partial charge in [0.2, 0.25) is 0 Å². The lowest BCUT2D eigenvalue weighted by molar-refractivity contribution is -0.139. The average Bonchev–Trinajstić information content (AvgIpc) is 2.45. The van der Waals surface area contributed by atoms with Gasteiger partial charge in [-0.15, -0.1) is 0 Å². The highest BCUT2D eigenvalue weighted by Crippen LogP contribution is 2.12. The number of thioether (sulfide) groups is 1. The van der Waals surface area contributed by atoms with Gasteiger partial charge in [0.1, 0.15) is 6.04 Å². The van der Waals surface area contributed by atoms with E-state index in [0.29, 0.717) is 5.75 Å². The largest absolute Gasteiger partial charge is 0.480 e. The molecule has 1 aromatic rings. The van der Waals surface area contributed by atoms with Crippen molar-refractivity contribution in [1.29, 1.82) is 0 Å². The van der Waals surface area contributed by atoms with Crippen LogP contribution in [0.5, 0.6) is 0 Å². The highest BCUT2D eigenvalue weighted by Gasteiger charge is 2.21. The minimum absolute atomic E-state index is 0.0375. The minimum atomic E-state index is -4.42. The summed E-state index contributed by atoms with van der Waals surface area (Å²) in [5.41, 5.74) is -0.0375. The first-order valence-corrected chi connectivity index (χ1v) is 9.04. The van der Waals surface area contributed by atoms with E-state index in [0.717, 1.165) is 17.9 Å². The smallest absolute Gasteiger partial charge is 0.326 e. The summed E-state index contributed by atoms with van der Waals surface area (Å²) < 4.78 is 31.0. The maximum atomic E-state index is 12.0. The van der Waals surface area contributed by atoms with Crippen LogP contribution in [0.3, 0.4) is 0 Å². The lowest BCUT2D eigenvalue weighted by Gasteiger charge is -2.14. The summed E-state index contributed by atoms with van der Waals surface area (Å²) in [4.78, 5) is 22.7. The van der Waals surface area contributed by atoms with E-state index in [1.165, 1.54) is 12.1 Å². The summed E-state index contributed by atoms with van der Waals surface area (Å²) in [6, 6.07) is 3.70. The Bertz CT molecular complexity index is 644. The van der Waals surface area contributed by atoms with Crippen molar-refractivity contribution >= 4 is 33.8 Å². The molecule has 0 aliphatic rings. The molecule has 0 radical (unpaired) electrons. The van der Waals surface area contributed by atoms with Gasteiger partial charge in [-0.1, -0.05) is 13.0 Å². The van der Waals surface area contributed by atoms with Gasteiger partial charge in [-0.2, -0.15) is 20.2 Å². The molecule has 1 unspecified atom stereocenters. The van der Waals surface area contributed by atoms with Gasteiger partial charge in [0, 0.05) is 5.56 Å². The molecule has 0 saturated carbocycles. The molecule has 1 amide bonds. The van der Waals surface area contributed by atoms with Crippen LogP contribution in [-0.2, 0) is 14.9 Å². The second-order valence-corrected chi connectivity index (χ2v) is 7.17. The second kappa shape index (κ2) is 8.16. The molecule has 0 aliphatic heterocycles. The van der Waals surface area contributed by atoms with Gasteiger partial charge in [0.25, 0.3) is 16.0 Å². The third-order valence-electron chi connectivity index (χ3n) is 2.75. The molecule has 0 bridgehead atoms. The lowest BCUT2D eigenvalue weighted by Crippen LogP contribution is -2.41. The van der Waals surface area contributed by atoms with Crippen molar-refractivity contribution in [2.75, 3.05) is 11.5 Å². The molecule has 7 nitrogen and oxygen atoms in total. The number of hydrogen-bond acceptors (Lipinski definition) is 5. The molecule has 3 N–H and O–H groups in total. The van der Waals surface area contributed by atoms with Crippen molar-refractivity contribution in [3.63, 3.8) is 0 Å². The molecule has 0 heterocycles. The predicted octanol–water partition coefficient (Wildman–Crippen LogP) is 1.26. The van der Waals surface area contributed by atoms with E-state index in [4.69, 9.17) is 9.66 Å². The molecule has 0 aromatic heterocycles. The third kappa shape index (κ3) is 5.66. The Hall–Kier alpha value is -1.58. The number of aliphatic carboxylic acids is 1. The van der Waals surface area contributed by atoms with Gasteiger partial charge < -0.3 is 10.4 Å². The van der Waals surface area contributed by atoms with E-state index >= 15 is 0 Å². The average molecular weight is 347 g/mol. The standard InChI is InChI=1S/C13H17NO6S2/c1-2-21-7-6-11(13(16)17)14-12(15)9-4-3-5-10(8-9)22(18,19)20/h3-5,8,11H,2,6-7H2,1H3,(H,14,15)(H,16,17)(H,18,19,20). The Labute approximate surface area is 132 Å². The van der Waals surface area contributed by atoms with Crippen LogP contribution >= 0.6 is 11.8 Å². The number of carboxylic acids is 1. The predicted molar refractivity (Wildman–Crippen MR) is 82.8 cm³/mol. The van der Waals surface area contributed by atoms with Crippen LogP contribution in [0.25, 0.3) is 0 Å². The molecule has 9 heteroatoms. The fraction of sp³-hybridized carbons (Fsp3) is 0.385. The molecule has 1 atom stereocenters. The van der Waals surface area contributed by atoms with Crippen LogP contribution in [-0.4, -0.2) is 47.5 Å². The maximum Gasteiger partial charge on any atom is 0.326 e. The van der Waals surface area contributed by atoms with Crippen LogP contribution in [0.4, 0.5) is 0 Å². The first-order chi connectivity index (χ1) is 10.3. The summed E-state index contributed by atoms with van der Waals surface area (Å²) in [5, 5.41) is 11.4. The van der Waals surface area contributed by atoms with Gasteiger partial charge in [0.05, 0.1) is 4.90 Å². The van der Waals surface area contributed by atoms with Crippen molar-refractivity contribution in [2.24, 2.45) is 0 Å². The van der Waals surface area contributed by atoms with Gasteiger partial charge in [-0.25, -0.2) is 4.79 Å². The minimum Gasteiger partial charge on any atom is -0.480 e. The summed E-state index contributed by atoms with van der Waals surface area (Å²) >= 11 is 1.56. The molecule has 122 valence electrons. The lowest BCUT2D eigenvalue weighted by atomic mass is 10.1. The van der Waals surface area contributed by atoms with Crippen molar-refractivity contribution < 1.29 is 27.7 Å². The van der Waals surface area contributed by atoms with Crippen molar-refractivity contribution in [3.05, 3.63) is 29.8 Å². The molecular formula is C13H17NO6S2. The van der Waals surface area contributed by atoms with Gasteiger partial charge >= 0.3 is 5.97 Å². The quantitative estimate of drug-likeness (QED) is 0.478. The molecule has 0 saturated heterocycles. The number of benzene rings is 1. The highest BCUT2D eigenvalue weighted by atomic mass is 32.2.